The molecule has 0 radical (unpaired) electrons. The lowest BCUT2D eigenvalue weighted by atomic mass is 9.94. The van der Waals surface area contributed by atoms with Gasteiger partial charge in [0.05, 0.1) is 5.92 Å². The molecule has 0 saturated carbocycles. The zero-order chi connectivity index (χ0) is 13.4. The van der Waals surface area contributed by atoms with E-state index in [0.29, 0.717) is 18.0 Å². The summed E-state index contributed by atoms with van der Waals surface area (Å²) in [5.41, 5.74) is 2.43. The predicted octanol–water partition coefficient (Wildman–Crippen LogP) is 2.35. The number of benzene rings is 1. The molecule has 0 bridgehead atoms. The van der Waals surface area contributed by atoms with Crippen molar-refractivity contribution in [2.24, 2.45) is 5.92 Å². The number of carbonyl (C=O) groups is 1. The molecule has 2 aliphatic heterocycles. The molecule has 0 aromatic heterocycles. The van der Waals surface area contributed by atoms with E-state index < -0.39 is 0 Å². The molecular formula is C16H22N2O. The smallest absolute Gasteiger partial charge is 0.231 e. The Balaban J connectivity index is 1.80. The molecule has 1 fully saturated rings. The van der Waals surface area contributed by atoms with Gasteiger partial charge in [-0.25, -0.2) is 0 Å². The molecule has 1 N–H and O–H groups in total. The predicted molar refractivity (Wildman–Crippen MR) is 77.3 cm³/mol. The van der Waals surface area contributed by atoms with Gasteiger partial charge in [0.1, 0.15) is 0 Å². The van der Waals surface area contributed by atoms with Gasteiger partial charge in [-0.15, -0.1) is 0 Å². The van der Waals surface area contributed by atoms with Gasteiger partial charge in [0, 0.05) is 24.3 Å². The molecule has 3 nitrogen and oxygen atoms in total. The second kappa shape index (κ2) is 4.97. The van der Waals surface area contributed by atoms with Crippen molar-refractivity contribution >= 4 is 11.6 Å². The van der Waals surface area contributed by atoms with Crippen molar-refractivity contribution in [3.8, 4) is 0 Å². The Morgan fingerprint density at radius 3 is 2.79 bits per heavy atom. The van der Waals surface area contributed by atoms with E-state index in [1.54, 1.807) is 0 Å². The molecule has 1 aromatic carbocycles. The van der Waals surface area contributed by atoms with Gasteiger partial charge in [-0.2, -0.15) is 0 Å². The quantitative estimate of drug-likeness (QED) is 0.838. The van der Waals surface area contributed by atoms with Gasteiger partial charge < -0.3 is 10.2 Å². The van der Waals surface area contributed by atoms with E-state index in [0.717, 1.165) is 31.5 Å². The van der Waals surface area contributed by atoms with Gasteiger partial charge in [-0.1, -0.05) is 18.2 Å². The van der Waals surface area contributed by atoms with Crippen LogP contribution in [0.5, 0.6) is 0 Å². The first-order valence-electron chi connectivity index (χ1n) is 7.31. The number of fused-ring (bicyclic) bond motifs is 1. The van der Waals surface area contributed by atoms with E-state index in [2.05, 4.69) is 37.4 Å². The Morgan fingerprint density at radius 2 is 2.05 bits per heavy atom. The van der Waals surface area contributed by atoms with Gasteiger partial charge in [-0.05, 0) is 44.7 Å². The first kappa shape index (κ1) is 12.7. The van der Waals surface area contributed by atoms with Crippen LogP contribution in [-0.2, 0) is 11.2 Å². The highest BCUT2D eigenvalue weighted by Gasteiger charge is 2.35. The van der Waals surface area contributed by atoms with E-state index in [-0.39, 0.29) is 5.92 Å². The van der Waals surface area contributed by atoms with Gasteiger partial charge in [-0.3, -0.25) is 4.79 Å². The minimum atomic E-state index is 0.143. The van der Waals surface area contributed by atoms with Crippen LogP contribution in [-0.4, -0.2) is 24.5 Å². The lowest BCUT2D eigenvalue weighted by molar-refractivity contribution is -0.123. The molecule has 1 saturated heterocycles. The molecule has 3 atom stereocenters. The zero-order valence-electron chi connectivity index (χ0n) is 11.7. The van der Waals surface area contributed by atoms with E-state index in [1.165, 1.54) is 5.56 Å². The van der Waals surface area contributed by atoms with Gasteiger partial charge in [0.25, 0.3) is 0 Å². The SMILES string of the molecule is CC1CCC(C(=O)N2c3ccccc3CC2C)CN1. The molecule has 3 rings (SSSR count). The number of nitrogens with zero attached hydrogens (tertiary/aromatic N) is 1. The van der Waals surface area contributed by atoms with Crippen LogP contribution in [0, 0.1) is 5.92 Å². The number of piperidine rings is 1. The van der Waals surface area contributed by atoms with Crippen LogP contribution >= 0.6 is 0 Å². The Hall–Kier alpha value is -1.35. The molecule has 1 aromatic rings. The van der Waals surface area contributed by atoms with Crippen molar-refractivity contribution in [1.82, 2.24) is 5.32 Å². The number of amides is 1. The molecular weight excluding hydrogens is 236 g/mol. The molecule has 0 aliphatic carbocycles. The fraction of sp³-hybridized carbons (Fsp3) is 0.562. The number of anilines is 1. The van der Waals surface area contributed by atoms with Crippen molar-refractivity contribution in [2.75, 3.05) is 11.4 Å². The first-order valence-corrected chi connectivity index (χ1v) is 7.31. The summed E-state index contributed by atoms with van der Waals surface area (Å²) in [6.45, 7) is 5.16. The summed E-state index contributed by atoms with van der Waals surface area (Å²) in [7, 11) is 0. The second-order valence-electron chi connectivity index (χ2n) is 5.97. The second-order valence-corrected chi connectivity index (χ2v) is 5.97. The van der Waals surface area contributed by atoms with Crippen LogP contribution in [0.1, 0.15) is 32.3 Å². The normalized spacial score (nSPS) is 30.2. The Labute approximate surface area is 115 Å². The summed E-state index contributed by atoms with van der Waals surface area (Å²) in [6.07, 6.45) is 3.09. The molecule has 0 spiro atoms. The molecule has 19 heavy (non-hydrogen) atoms. The van der Waals surface area contributed by atoms with E-state index in [1.807, 2.05) is 11.0 Å². The highest BCUT2D eigenvalue weighted by atomic mass is 16.2. The third-order valence-corrected chi connectivity index (χ3v) is 4.45. The number of rotatable bonds is 1. The standard InChI is InChI=1S/C16H22N2O/c1-11-7-8-14(10-17-11)16(19)18-12(2)9-13-5-3-4-6-15(13)18/h3-6,11-12,14,17H,7-10H2,1-2H3. The van der Waals surface area contributed by atoms with Crippen LogP contribution in [0.2, 0.25) is 0 Å². The number of carbonyl (C=O) groups excluding carboxylic acids is 1. The first-order chi connectivity index (χ1) is 9.16. The van der Waals surface area contributed by atoms with E-state index in [9.17, 15) is 4.79 Å². The third-order valence-electron chi connectivity index (χ3n) is 4.45. The van der Waals surface area contributed by atoms with Crippen LogP contribution in [0.3, 0.4) is 0 Å². The van der Waals surface area contributed by atoms with E-state index in [4.69, 9.17) is 0 Å². The molecule has 102 valence electrons. The fourth-order valence-electron chi connectivity index (χ4n) is 3.31. The summed E-state index contributed by atoms with van der Waals surface area (Å²) < 4.78 is 0. The zero-order valence-corrected chi connectivity index (χ0v) is 11.7. The molecule has 2 heterocycles. The molecule has 3 heteroatoms. The van der Waals surface area contributed by atoms with Gasteiger partial charge >= 0.3 is 0 Å². The van der Waals surface area contributed by atoms with Crippen molar-refractivity contribution in [3.05, 3.63) is 29.8 Å². The Kier molecular flexibility index (Phi) is 3.31. The number of hydrogen-bond acceptors (Lipinski definition) is 2. The van der Waals surface area contributed by atoms with Crippen molar-refractivity contribution in [1.29, 1.82) is 0 Å². The topological polar surface area (TPSA) is 32.3 Å². The number of nitrogens with one attached hydrogen (secondary N) is 1. The average Bonchev–Trinajstić information content (AvgIpc) is 2.74. The maximum Gasteiger partial charge on any atom is 0.231 e. The number of hydrogen-bond donors (Lipinski definition) is 1. The maximum absolute atomic E-state index is 12.8. The Bertz CT molecular complexity index is 477. The van der Waals surface area contributed by atoms with Crippen LogP contribution in [0.4, 0.5) is 5.69 Å². The highest BCUT2D eigenvalue weighted by molar-refractivity contribution is 5.97. The fourth-order valence-corrected chi connectivity index (χ4v) is 3.31. The minimum Gasteiger partial charge on any atom is -0.313 e. The van der Waals surface area contributed by atoms with Crippen LogP contribution in [0.15, 0.2) is 24.3 Å². The number of para-hydroxylation sites is 1. The maximum atomic E-state index is 12.8. The summed E-state index contributed by atoms with van der Waals surface area (Å²) in [4.78, 5) is 14.8. The van der Waals surface area contributed by atoms with Crippen molar-refractivity contribution in [2.45, 2.75) is 45.2 Å². The highest BCUT2D eigenvalue weighted by Crippen LogP contribution is 2.33. The Morgan fingerprint density at radius 1 is 1.26 bits per heavy atom. The summed E-state index contributed by atoms with van der Waals surface area (Å²) in [5.74, 6) is 0.446. The average molecular weight is 258 g/mol. The monoisotopic (exact) mass is 258 g/mol. The lowest BCUT2D eigenvalue weighted by Gasteiger charge is -2.32. The van der Waals surface area contributed by atoms with Crippen LogP contribution in [0.25, 0.3) is 0 Å². The van der Waals surface area contributed by atoms with Crippen LogP contribution < -0.4 is 10.2 Å². The molecule has 1 amide bonds. The summed E-state index contributed by atoms with van der Waals surface area (Å²) in [6, 6.07) is 9.15. The molecule has 3 unspecified atom stereocenters. The van der Waals surface area contributed by atoms with Gasteiger partial charge in [0.2, 0.25) is 5.91 Å². The minimum absolute atomic E-state index is 0.143. The van der Waals surface area contributed by atoms with E-state index >= 15 is 0 Å². The molecule has 2 aliphatic rings. The summed E-state index contributed by atoms with van der Waals surface area (Å²) in [5, 5.41) is 3.43. The third kappa shape index (κ3) is 2.27. The summed E-state index contributed by atoms with van der Waals surface area (Å²) >= 11 is 0. The van der Waals surface area contributed by atoms with Gasteiger partial charge in [0.15, 0.2) is 0 Å². The van der Waals surface area contributed by atoms with Crippen molar-refractivity contribution < 1.29 is 4.79 Å². The lowest BCUT2D eigenvalue weighted by Crippen LogP contribution is -2.47. The largest absolute Gasteiger partial charge is 0.313 e. The van der Waals surface area contributed by atoms with Crippen molar-refractivity contribution in [3.63, 3.8) is 0 Å².